The molecule has 0 amide bonds. The molecule has 0 aliphatic heterocycles. The van der Waals surface area contributed by atoms with Gasteiger partial charge in [0, 0.05) is 27.0 Å². The van der Waals surface area contributed by atoms with E-state index >= 15 is 0 Å². The Bertz CT molecular complexity index is 931. The molecule has 1 aromatic heterocycles. The standard InChI is InChI=1S/C16H10BrNO/c17-11-2-1-9-6-14-13-4-3-12(18)8-16(13)19-15(14)7-10(9)5-11/h1-8H,18H2. The van der Waals surface area contributed by atoms with E-state index in [1.165, 1.54) is 5.39 Å². The largest absolute Gasteiger partial charge is 0.456 e. The van der Waals surface area contributed by atoms with Crippen LogP contribution in [0.1, 0.15) is 0 Å². The van der Waals surface area contributed by atoms with Crippen molar-refractivity contribution in [3.8, 4) is 0 Å². The van der Waals surface area contributed by atoms with Crippen LogP contribution >= 0.6 is 15.9 Å². The molecular formula is C16H10BrNO. The summed E-state index contributed by atoms with van der Waals surface area (Å²) < 4.78 is 6.96. The topological polar surface area (TPSA) is 39.2 Å². The lowest BCUT2D eigenvalue weighted by Crippen LogP contribution is -1.81. The minimum absolute atomic E-state index is 0.721. The zero-order chi connectivity index (χ0) is 13.0. The molecule has 1 heterocycles. The predicted molar refractivity (Wildman–Crippen MR) is 83.3 cm³/mol. The summed E-state index contributed by atoms with van der Waals surface area (Å²) >= 11 is 3.49. The van der Waals surface area contributed by atoms with Crippen LogP contribution in [0.15, 0.2) is 57.4 Å². The maximum absolute atomic E-state index is 5.89. The molecular weight excluding hydrogens is 302 g/mol. The molecule has 4 aromatic rings. The highest BCUT2D eigenvalue weighted by Crippen LogP contribution is 2.33. The molecule has 0 saturated carbocycles. The fourth-order valence-electron chi connectivity index (χ4n) is 2.51. The molecule has 2 N–H and O–H groups in total. The summed E-state index contributed by atoms with van der Waals surface area (Å²) in [6.45, 7) is 0. The van der Waals surface area contributed by atoms with E-state index in [-0.39, 0.29) is 0 Å². The fourth-order valence-corrected chi connectivity index (χ4v) is 2.89. The lowest BCUT2D eigenvalue weighted by atomic mass is 10.1. The minimum Gasteiger partial charge on any atom is -0.456 e. The number of halogens is 1. The maximum Gasteiger partial charge on any atom is 0.137 e. The summed E-state index contributed by atoms with van der Waals surface area (Å²) in [7, 11) is 0. The number of furan rings is 1. The first kappa shape index (κ1) is 10.9. The Kier molecular flexibility index (Phi) is 2.15. The summed E-state index contributed by atoms with van der Waals surface area (Å²) in [5.41, 5.74) is 8.25. The highest BCUT2D eigenvalue weighted by molar-refractivity contribution is 9.10. The summed E-state index contributed by atoms with van der Waals surface area (Å²) in [6, 6.07) is 16.3. The van der Waals surface area contributed by atoms with Gasteiger partial charge in [0.15, 0.2) is 0 Å². The molecule has 92 valence electrons. The average Bonchev–Trinajstić information content (AvgIpc) is 2.72. The van der Waals surface area contributed by atoms with Crippen molar-refractivity contribution in [2.24, 2.45) is 0 Å². The predicted octanol–water partition coefficient (Wildman–Crippen LogP) is 5.08. The molecule has 4 rings (SSSR count). The molecule has 0 radical (unpaired) electrons. The fraction of sp³-hybridized carbons (Fsp3) is 0. The van der Waals surface area contributed by atoms with E-state index in [1.54, 1.807) is 0 Å². The van der Waals surface area contributed by atoms with Crippen molar-refractivity contribution in [3.05, 3.63) is 53.0 Å². The third-order valence-corrected chi connectivity index (χ3v) is 3.91. The molecule has 0 aliphatic carbocycles. The SMILES string of the molecule is Nc1ccc2c(c1)oc1cc3cc(Br)ccc3cc12. The first-order valence-corrected chi connectivity index (χ1v) is 6.81. The number of benzene rings is 3. The maximum atomic E-state index is 5.89. The molecule has 0 fully saturated rings. The van der Waals surface area contributed by atoms with Gasteiger partial charge in [-0.1, -0.05) is 22.0 Å². The smallest absolute Gasteiger partial charge is 0.137 e. The van der Waals surface area contributed by atoms with Gasteiger partial charge in [0.1, 0.15) is 11.2 Å². The molecule has 0 spiro atoms. The molecule has 3 heteroatoms. The van der Waals surface area contributed by atoms with Gasteiger partial charge in [0.05, 0.1) is 0 Å². The molecule has 0 saturated heterocycles. The van der Waals surface area contributed by atoms with Gasteiger partial charge in [0.2, 0.25) is 0 Å². The Balaban J connectivity index is 2.19. The van der Waals surface area contributed by atoms with Crippen molar-refractivity contribution in [2.45, 2.75) is 0 Å². The lowest BCUT2D eigenvalue weighted by molar-refractivity contribution is 0.669. The number of rotatable bonds is 0. The van der Waals surface area contributed by atoms with Crippen molar-refractivity contribution < 1.29 is 4.42 Å². The molecule has 19 heavy (non-hydrogen) atoms. The number of nitrogen functional groups attached to an aromatic ring is 1. The quantitative estimate of drug-likeness (QED) is 0.460. The van der Waals surface area contributed by atoms with Crippen LogP contribution in [0.4, 0.5) is 5.69 Å². The number of hydrogen-bond acceptors (Lipinski definition) is 2. The first-order chi connectivity index (χ1) is 9.20. The van der Waals surface area contributed by atoms with E-state index in [0.717, 1.165) is 37.5 Å². The third kappa shape index (κ3) is 1.62. The Morgan fingerprint density at radius 2 is 1.63 bits per heavy atom. The molecule has 3 aromatic carbocycles. The normalized spacial score (nSPS) is 11.6. The van der Waals surface area contributed by atoms with Crippen LogP contribution < -0.4 is 5.73 Å². The van der Waals surface area contributed by atoms with Gasteiger partial charge in [-0.25, -0.2) is 0 Å². The molecule has 0 bridgehead atoms. The minimum atomic E-state index is 0.721. The number of hydrogen-bond donors (Lipinski definition) is 1. The van der Waals surface area contributed by atoms with Crippen LogP contribution in [0.3, 0.4) is 0 Å². The molecule has 0 aliphatic rings. The number of nitrogens with two attached hydrogens (primary N) is 1. The van der Waals surface area contributed by atoms with E-state index in [1.807, 2.05) is 18.2 Å². The summed E-state index contributed by atoms with van der Waals surface area (Å²) in [4.78, 5) is 0. The molecule has 0 atom stereocenters. The van der Waals surface area contributed by atoms with Gasteiger partial charge in [0.25, 0.3) is 0 Å². The molecule has 0 unspecified atom stereocenters. The average molecular weight is 312 g/mol. The summed E-state index contributed by atoms with van der Waals surface area (Å²) in [5, 5.41) is 4.60. The second-order valence-electron chi connectivity index (χ2n) is 4.70. The highest BCUT2D eigenvalue weighted by Gasteiger charge is 2.08. The summed E-state index contributed by atoms with van der Waals surface area (Å²) in [5.74, 6) is 0. The second-order valence-corrected chi connectivity index (χ2v) is 5.61. The van der Waals surface area contributed by atoms with Crippen molar-refractivity contribution in [1.82, 2.24) is 0 Å². The van der Waals surface area contributed by atoms with Crippen LogP contribution in [0.5, 0.6) is 0 Å². The third-order valence-electron chi connectivity index (χ3n) is 3.42. The Hall–Kier alpha value is -2.00. The van der Waals surface area contributed by atoms with Gasteiger partial charge in [-0.2, -0.15) is 0 Å². The van der Waals surface area contributed by atoms with Gasteiger partial charge in [-0.15, -0.1) is 0 Å². The number of fused-ring (bicyclic) bond motifs is 4. The first-order valence-electron chi connectivity index (χ1n) is 6.02. The van der Waals surface area contributed by atoms with Crippen molar-refractivity contribution in [3.63, 3.8) is 0 Å². The Labute approximate surface area is 117 Å². The van der Waals surface area contributed by atoms with Crippen LogP contribution in [-0.4, -0.2) is 0 Å². The lowest BCUT2D eigenvalue weighted by Gasteiger charge is -1.98. The van der Waals surface area contributed by atoms with E-state index in [4.69, 9.17) is 10.2 Å². The zero-order valence-electron chi connectivity index (χ0n) is 9.98. The second kappa shape index (κ2) is 3.75. The van der Waals surface area contributed by atoms with E-state index in [0.29, 0.717) is 0 Å². The van der Waals surface area contributed by atoms with E-state index < -0.39 is 0 Å². The Morgan fingerprint density at radius 1 is 0.789 bits per heavy atom. The van der Waals surface area contributed by atoms with Gasteiger partial charge >= 0.3 is 0 Å². The van der Waals surface area contributed by atoms with Crippen LogP contribution in [0.2, 0.25) is 0 Å². The monoisotopic (exact) mass is 311 g/mol. The van der Waals surface area contributed by atoms with Crippen molar-refractivity contribution >= 4 is 54.3 Å². The van der Waals surface area contributed by atoms with Crippen molar-refractivity contribution in [2.75, 3.05) is 5.73 Å². The van der Waals surface area contributed by atoms with E-state index in [2.05, 4.69) is 46.3 Å². The number of anilines is 1. The van der Waals surface area contributed by atoms with Gasteiger partial charge in [-0.3, -0.25) is 0 Å². The van der Waals surface area contributed by atoms with Crippen LogP contribution in [-0.2, 0) is 0 Å². The zero-order valence-corrected chi connectivity index (χ0v) is 11.6. The van der Waals surface area contributed by atoms with Gasteiger partial charge in [-0.05, 0) is 47.2 Å². The van der Waals surface area contributed by atoms with Gasteiger partial charge < -0.3 is 10.2 Å². The molecule has 2 nitrogen and oxygen atoms in total. The van der Waals surface area contributed by atoms with E-state index in [9.17, 15) is 0 Å². The Morgan fingerprint density at radius 3 is 2.53 bits per heavy atom. The van der Waals surface area contributed by atoms with Crippen LogP contribution in [0, 0.1) is 0 Å². The summed E-state index contributed by atoms with van der Waals surface area (Å²) in [6.07, 6.45) is 0. The highest BCUT2D eigenvalue weighted by atomic mass is 79.9. The van der Waals surface area contributed by atoms with Crippen LogP contribution in [0.25, 0.3) is 32.7 Å². The van der Waals surface area contributed by atoms with Crippen molar-refractivity contribution in [1.29, 1.82) is 0 Å².